The van der Waals surface area contributed by atoms with Gasteiger partial charge in [-0.15, -0.1) is 0 Å². The second-order valence-corrected chi connectivity index (χ2v) is 7.29. The Bertz CT molecular complexity index is 855. The maximum absolute atomic E-state index is 13.5. The zero-order chi connectivity index (χ0) is 21.5. The number of amides is 2. The molecule has 2 atom stereocenters. The molecule has 0 saturated carbocycles. The minimum absolute atomic E-state index is 0.0272. The van der Waals surface area contributed by atoms with Gasteiger partial charge in [0.2, 0.25) is 11.8 Å². The number of nitrogens with one attached hydrogen (secondary N) is 1. The Labute approximate surface area is 176 Å². The van der Waals surface area contributed by atoms with Crippen LogP contribution in [0, 0.1) is 11.7 Å². The minimum atomic E-state index is -0.460. The van der Waals surface area contributed by atoms with Crippen LogP contribution in [0.1, 0.15) is 30.0 Å². The maximum atomic E-state index is 13.5. The molecule has 1 fully saturated rings. The molecule has 0 aliphatic carbocycles. The number of nitrogens with zero attached hydrogens (tertiary/aromatic N) is 1. The van der Waals surface area contributed by atoms with E-state index >= 15 is 0 Å². The van der Waals surface area contributed by atoms with Crippen LogP contribution >= 0.6 is 0 Å². The normalized spacial score (nSPS) is 18.9. The van der Waals surface area contributed by atoms with Gasteiger partial charge in [-0.3, -0.25) is 9.59 Å². The summed E-state index contributed by atoms with van der Waals surface area (Å²) in [6, 6.07) is 13.0. The third kappa shape index (κ3) is 5.16. The fraction of sp³-hybridized carbons (Fsp3) is 0.391. The number of ether oxygens (including phenoxy) is 2. The fourth-order valence-electron chi connectivity index (χ4n) is 3.82. The lowest BCUT2D eigenvalue weighted by Gasteiger charge is -2.40. The van der Waals surface area contributed by atoms with Crippen LogP contribution in [-0.2, 0) is 20.9 Å². The maximum Gasteiger partial charge on any atom is 0.225 e. The number of rotatable bonds is 8. The summed E-state index contributed by atoms with van der Waals surface area (Å²) in [7, 11) is 3.17. The second kappa shape index (κ2) is 10.2. The van der Waals surface area contributed by atoms with Crippen molar-refractivity contribution in [2.75, 3.05) is 27.4 Å². The molecule has 2 aromatic rings. The average molecular weight is 414 g/mol. The van der Waals surface area contributed by atoms with E-state index in [2.05, 4.69) is 5.32 Å². The molecule has 7 heteroatoms. The quantitative estimate of drug-likeness (QED) is 0.721. The first-order valence-electron chi connectivity index (χ1n) is 9.98. The number of carbonyl (C=O) groups excluding carboxylic acids is 2. The summed E-state index contributed by atoms with van der Waals surface area (Å²) in [6.07, 6.45) is 0.737. The van der Waals surface area contributed by atoms with Gasteiger partial charge in [-0.2, -0.15) is 0 Å². The molecule has 1 aliphatic heterocycles. The van der Waals surface area contributed by atoms with Gasteiger partial charge in [-0.25, -0.2) is 4.39 Å². The smallest absolute Gasteiger partial charge is 0.225 e. The lowest BCUT2D eigenvalue weighted by Crippen LogP contribution is -2.49. The number of hydrogen-bond acceptors (Lipinski definition) is 4. The number of likely N-dealkylation sites (tertiary alicyclic amines) is 1. The van der Waals surface area contributed by atoms with Crippen LogP contribution in [0.3, 0.4) is 0 Å². The van der Waals surface area contributed by atoms with Crippen molar-refractivity contribution in [3.05, 3.63) is 65.5 Å². The number of hydrogen-bond donors (Lipinski definition) is 1. The highest BCUT2D eigenvalue weighted by atomic mass is 19.1. The van der Waals surface area contributed by atoms with Gasteiger partial charge in [0.15, 0.2) is 0 Å². The molecule has 1 heterocycles. The summed E-state index contributed by atoms with van der Waals surface area (Å²) < 4.78 is 23.8. The van der Waals surface area contributed by atoms with Crippen molar-refractivity contribution in [1.82, 2.24) is 10.2 Å². The molecular weight excluding hydrogens is 387 g/mol. The molecular formula is C23H27FN2O4. The van der Waals surface area contributed by atoms with Gasteiger partial charge in [-0.1, -0.05) is 24.3 Å². The molecule has 0 radical (unpaired) electrons. The van der Waals surface area contributed by atoms with Crippen LogP contribution in [0.2, 0.25) is 0 Å². The van der Waals surface area contributed by atoms with Crippen molar-refractivity contribution < 1.29 is 23.5 Å². The molecule has 6 nitrogen and oxygen atoms in total. The molecule has 30 heavy (non-hydrogen) atoms. The van der Waals surface area contributed by atoms with Crippen molar-refractivity contribution in [3.8, 4) is 5.75 Å². The first-order valence-corrected chi connectivity index (χ1v) is 9.98. The van der Waals surface area contributed by atoms with Gasteiger partial charge in [0.05, 0.1) is 25.7 Å². The van der Waals surface area contributed by atoms with Crippen LogP contribution < -0.4 is 10.1 Å². The Kier molecular flexibility index (Phi) is 7.41. The predicted octanol–water partition coefficient (Wildman–Crippen LogP) is 3.08. The Morgan fingerprint density at radius 1 is 1.13 bits per heavy atom. The molecule has 1 saturated heterocycles. The van der Waals surface area contributed by atoms with E-state index in [1.807, 2.05) is 24.3 Å². The van der Waals surface area contributed by atoms with E-state index in [4.69, 9.17) is 9.47 Å². The number of piperidine rings is 1. The van der Waals surface area contributed by atoms with Gasteiger partial charge < -0.3 is 19.7 Å². The second-order valence-electron chi connectivity index (χ2n) is 7.29. The van der Waals surface area contributed by atoms with E-state index < -0.39 is 12.0 Å². The standard InChI is InChI=1S/C23H27FN2O4/c1-29-14-13-26-21(27)12-11-20(22(26)17-5-7-18(24)8-6-17)23(28)25-15-16-3-9-19(30-2)10-4-16/h3-10,20,22H,11-15H2,1-2H3,(H,25,28)/t20-,22+/m1/s1. The van der Waals surface area contributed by atoms with Crippen LogP contribution in [-0.4, -0.2) is 44.1 Å². The summed E-state index contributed by atoms with van der Waals surface area (Å²) in [5.41, 5.74) is 1.69. The van der Waals surface area contributed by atoms with Crippen LogP contribution in [0.4, 0.5) is 4.39 Å². The van der Waals surface area contributed by atoms with E-state index in [9.17, 15) is 14.0 Å². The first-order chi connectivity index (χ1) is 14.5. The summed E-state index contributed by atoms with van der Waals surface area (Å²) >= 11 is 0. The highest BCUT2D eigenvalue weighted by Crippen LogP contribution is 2.37. The van der Waals surface area contributed by atoms with Gasteiger partial charge >= 0.3 is 0 Å². The van der Waals surface area contributed by atoms with Crippen molar-refractivity contribution in [3.63, 3.8) is 0 Å². The molecule has 3 rings (SSSR count). The van der Waals surface area contributed by atoms with Gasteiger partial charge in [0.25, 0.3) is 0 Å². The largest absolute Gasteiger partial charge is 0.497 e. The predicted molar refractivity (Wildman–Crippen MR) is 110 cm³/mol. The molecule has 1 N–H and O–H groups in total. The third-order valence-electron chi connectivity index (χ3n) is 5.42. The number of halogens is 1. The monoisotopic (exact) mass is 414 g/mol. The SMILES string of the molecule is COCCN1C(=O)CC[C@@H](C(=O)NCc2ccc(OC)cc2)[C@@H]1c1ccc(F)cc1. The molecule has 0 aromatic heterocycles. The first kappa shape index (κ1) is 21.8. The minimum Gasteiger partial charge on any atom is -0.497 e. The lowest BCUT2D eigenvalue weighted by atomic mass is 9.83. The van der Waals surface area contributed by atoms with Gasteiger partial charge in [0, 0.05) is 26.6 Å². The van der Waals surface area contributed by atoms with E-state index in [1.54, 1.807) is 31.3 Å². The molecule has 0 bridgehead atoms. The van der Waals surface area contributed by atoms with Crippen LogP contribution in [0.25, 0.3) is 0 Å². The third-order valence-corrected chi connectivity index (χ3v) is 5.42. The van der Waals surface area contributed by atoms with Crippen LogP contribution in [0.15, 0.2) is 48.5 Å². The Balaban J connectivity index is 1.78. The Morgan fingerprint density at radius 2 is 1.83 bits per heavy atom. The zero-order valence-electron chi connectivity index (χ0n) is 17.3. The van der Waals surface area contributed by atoms with Crippen molar-refractivity contribution in [2.24, 2.45) is 5.92 Å². The van der Waals surface area contributed by atoms with Crippen molar-refractivity contribution >= 4 is 11.8 Å². The molecule has 0 spiro atoms. The van der Waals surface area contributed by atoms with Gasteiger partial charge in [0.1, 0.15) is 11.6 Å². The van der Waals surface area contributed by atoms with Crippen molar-refractivity contribution in [1.29, 1.82) is 0 Å². The Hall–Kier alpha value is -2.93. The fourth-order valence-corrected chi connectivity index (χ4v) is 3.82. The molecule has 0 unspecified atom stereocenters. The number of benzene rings is 2. The summed E-state index contributed by atoms with van der Waals surface area (Å²) in [5.74, 6) is -0.190. The highest BCUT2D eigenvalue weighted by Gasteiger charge is 2.40. The van der Waals surface area contributed by atoms with Crippen molar-refractivity contribution in [2.45, 2.75) is 25.4 Å². The van der Waals surface area contributed by atoms with E-state index in [1.165, 1.54) is 12.1 Å². The Morgan fingerprint density at radius 3 is 2.47 bits per heavy atom. The molecule has 1 aliphatic rings. The summed E-state index contributed by atoms with van der Waals surface area (Å²) in [6.45, 7) is 1.12. The van der Waals surface area contributed by atoms with Gasteiger partial charge in [-0.05, 0) is 41.8 Å². The summed E-state index contributed by atoms with van der Waals surface area (Å²) in [4.78, 5) is 27.4. The van der Waals surface area contributed by atoms with E-state index in [-0.39, 0.29) is 17.6 Å². The van der Waals surface area contributed by atoms with E-state index in [0.717, 1.165) is 16.9 Å². The average Bonchev–Trinajstić information content (AvgIpc) is 2.77. The lowest BCUT2D eigenvalue weighted by molar-refractivity contribution is -0.144. The molecule has 160 valence electrons. The van der Waals surface area contributed by atoms with Crippen LogP contribution in [0.5, 0.6) is 5.75 Å². The number of carbonyl (C=O) groups is 2. The topological polar surface area (TPSA) is 67.9 Å². The summed E-state index contributed by atoms with van der Waals surface area (Å²) in [5, 5.41) is 2.99. The molecule has 2 amide bonds. The van der Waals surface area contributed by atoms with E-state index in [0.29, 0.717) is 32.5 Å². The number of methoxy groups -OCH3 is 2. The zero-order valence-corrected chi connectivity index (χ0v) is 17.3. The highest BCUT2D eigenvalue weighted by molar-refractivity contribution is 5.85. The molecule has 2 aromatic carbocycles.